The molecule has 0 amide bonds. The van der Waals surface area contributed by atoms with E-state index in [1.165, 1.54) is 0 Å². The van der Waals surface area contributed by atoms with Crippen LogP contribution in [0.3, 0.4) is 0 Å². The Hall–Kier alpha value is -1.91. The van der Waals surface area contributed by atoms with E-state index in [0.717, 1.165) is 0 Å². The second kappa shape index (κ2) is 5.84. The monoisotopic (exact) mass is 306 g/mol. The Kier molecular flexibility index (Phi) is 3.90. The zero-order valence-electron chi connectivity index (χ0n) is 11.5. The van der Waals surface area contributed by atoms with Gasteiger partial charge in [-0.2, -0.15) is 0 Å². The normalized spacial score (nSPS) is 14.6. The minimum absolute atomic E-state index is 0.455. The van der Waals surface area contributed by atoms with Crippen molar-refractivity contribution in [1.82, 2.24) is 0 Å². The molecule has 2 aromatic carbocycles. The molecule has 0 bridgehead atoms. The maximum atomic E-state index is 10.5. The van der Waals surface area contributed by atoms with Crippen molar-refractivity contribution in [3.05, 3.63) is 52.5 Å². The SMILES string of the molecule is COc1ccc(C(O)c2ccc3c(c2)OCCO3)c(Cl)c1. The topological polar surface area (TPSA) is 47.9 Å². The van der Waals surface area contributed by atoms with Crippen LogP contribution in [0, 0.1) is 0 Å². The lowest BCUT2D eigenvalue weighted by atomic mass is 10.0. The predicted octanol–water partition coefficient (Wildman–Crippen LogP) is 3.20. The quantitative estimate of drug-likeness (QED) is 0.946. The van der Waals surface area contributed by atoms with Gasteiger partial charge in [0.1, 0.15) is 25.1 Å². The summed E-state index contributed by atoms with van der Waals surface area (Å²) in [4.78, 5) is 0. The van der Waals surface area contributed by atoms with Crippen LogP contribution >= 0.6 is 11.6 Å². The minimum Gasteiger partial charge on any atom is -0.497 e. The number of rotatable bonds is 3. The molecule has 1 atom stereocenters. The van der Waals surface area contributed by atoms with Gasteiger partial charge in [-0.15, -0.1) is 0 Å². The molecule has 21 heavy (non-hydrogen) atoms. The number of hydrogen-bond acceptors (Lipinski definition) is 4. The lowest BCUT2D eigenvalue weighted by molar-refractivity contribution is 0.169. The van der Waals surface area contributed by atoms with Gasteiger partial charge in [-0.1, -0.05) is 23.7 Å². The molecule has 1 aliphatic rings. The Bertz CT molecular complexity index is 657. The average Bonchev–Trinajstić information content (AvgIpc) is 2.53. The first kappa shape index (κ1) is 14.0. The molecule has 110 valence electrons. The highest BCUT2D eigenvalue weighted by Crippen LogP contribution is 2.36. The molecule has 1 N–H and O–H groups in total. The molecule has 0 saturated carbocycles. The zero-order chi connectivity index (χ0) is 14.8. The van der Waals surface area contributed by atoms with Crippen molar-refractivity contribution in [1.29, 1.82) is 0 Å². The number of aliphatic hydroxyl groups is 1. The summed E-state index contributed by atoms with van der Waals surface area (Å²) in [5.74, 6) is 1.98. The van der Waals surface area contributed by atoms with E-state index in [-0.39, 0.29) is 0 Å². The fourth-order valence-corrected chi connectivity index (χ4v) is 2.54. The second-order valence-corrected chi connectivity index (χ2v) is 5.10. The molecule has 3 rings (SSSR count). The van der Waals surface area contributed by atoms with Crippen LogP contribution in [0.15, 0.2) is 36.4 Å². The van der Waals surface area contributed by atoms with Crippen molar-refractivity contribution >= 4 is 11.6 Å². The molecule has 4 nitrogen and oxygen atoms in total. The fourth-order valence-electron chi connectivity index (χ4n) is 2.27. The maximum absolute atomic E-state index is 10.5. The van der Waals surface area contributed by atoms with Gasteiger partial charge in [0.25, 0.3) is 0 Å². The highest BCUT2D eigenvalue weighted by molar-refractivity contribution is 6.31. The lowest BCUT2D eigenvalue weighted by Gasteiger charge is -2.20. The van der Waals surface area contributed by atoms with Crippen LogP contribution in [-0.2, 0) is 0 Å². The first-order chi connectivity index (χ1) is 10.2. The van der Waals surface area contributed by atoms with Crippen molar-refractivity contribution < 1.29 is 19.3 Å². The molecule has 0 fully saturated rings. The summed E-state index contributed by atoms with van der Waals surface area (Å²) in [5.41, 5.74) is 1.32. The van der Waals surface area contributed by atoms with Crippen LogP contribution in [0.5, 0.6) is 17.2 Å². The number of fused-ring (bicyclic) bond motifs is 1. The van der Waals surface area contributed by atoms with Gasteiger partial charge in [-0.3, -0.25) is 0 Å². The Morgan fingerprint density at radius 3 is 2.57 bits per heavy atom. The van der Waals surface area contributed by atoms with Gasteiger partial charge in [0.05, 0.1) is 12.1 Å². The standard InChI is InChI=1S/C16H15ClO4/c1-19-11-3-4-12(13(17)9-11)16(18)10-2-5-14-15(8-10)21-7-6-20-14/h2-5,8-9,16,18H,6-7H2,1H3. The molecule has 0 aliphatic carbocycles. The summed E-state index contributed by atoms with van der Waals surface area (Å²) in [5, 5.41) is 11.0. The van der Waals surface area contributed by atoms with Crippen molar-refractivity contribution in [3.8, 4) is 17.2 Å². The number of aliphatic hydroxyl groups excluding tert-OH is 1. The number of methoxy groups -OCH3 is 1. The molecular formula is C16H15ClO4. The molecule has 1 heterocycles. The van der Waals surface area contributed by atoms with Gasteiger partial charge in [0, 0.05) is 5.56 Å². The summed E-state index contributed by atoms with van der Waals surface area (Å²) in [7, 11) is 1.57. The van der Waals surface area contributed by atoms with E-state index in [0.29, 0.717) is 46.6 Å². The van der Waals surface area contributed by atoms with Crippen molar-refractivity contribution in [2.75, 3.05) is 20.3 Å². The van der Waals surface area contributed by atoms with Crippen molar-refractivity contribution in [2.45, 2.75) is 6.10 Å². The highest BCUT2D eigenvalue weighted by Gasteiger charge is 2.18. The van der Waals surface area contributed by atoms with Crippen LogP contribution in [0.4, 0.5) is 0 Å². The number of ether oxygens (including phenoxy) is 3. The van der Waals surface area contributed by atoms with E-state index in [9.17, 15) is 5.11 Å². The third kappa shape index (κ3) is 2.77. The molecule has 0 radical (unpaired) electrons. The Balaban J connectivity index is 1.93. The number of benzene rings is 2. The fraction of sp³-hybridized carbons (Fsp3) is 0.250. The summed E-state index contributed by atoms with van der Waals surface area (Å²) >= 11 is 6.20. The van der Waals surface area contributed by atoms with Gasteiger partial charge in [0.2, 0.25) is 0 Å². The molecule has 0 saturated heterocycles. The first-order valence-electron chi connectivity index (χ1n) is 6.60. The predicted molar refractivity (Wildman–Crippen MR) is 79.5 cm³/mol. The molecule has 2 aromatic rings. The van der Waals surface area contributed by atoms with Gasteiger partial charge < -0.3 is 19.3 Å². The molecular weight excluding hydrogens is 292 g/mol. The van der Waals surface area contributed by atoms with Gasteiger partial charge >= 0.3 is 0 Å². The van der Waals surface area contributed by atoms with E-state index < -0.39 is 6.10 Å². The summed E-state index contributed by atoms with van der Waals surface area (Å²) in [6.07, 6.45) is -0.834. The van der Waals surface area contributed by atoms with E-state index in [2.05, 4.69) is 0 Å². The Morgan fingerprint density at radius 2 is 1.86 bits per heavy atom. The Labute approximate surface area is 127 Å². The third-order valence-electron chi connectivity index (χ3n) is 3.38. The largest absolute Gasteiger partial charge is 0.497 e. The van der Waals surface area contributed by atoms with E-state index in [1.807, 2.05) is 0 Å². The van der Waals surface area contributed by atoms with Crippen molar-refractivity contribution in [3.63, 3.8) is 0 Å². The van der Waals surface area contributed by atoms with E-state index >= 15 is 0 Å². The third-order valence-corrected chi connectivity index (χ3v) is 3.71. The zero-order valence-corrected chi connectivity index (χ0v) is 12.3. The van der Waals surface area contributed by atoms with Gasteiger partial charge in [-0.25, -0.2) is 0 Å². The van der Waals surface area contributed by atoms with Gasteiger partial charge in [-0.05, 0) is 29.8 Å². The van der Waals surface area contributed by atoms with Crippen LogP contribution in [0.2, 0.25) is 5.02 Å². The second-order valence-electron chi connectivity index (χ2n) is 4.69. The minimum atomic E-state index is -0.834. The summed E-state index contributed by atoms with van der Waals surface area (Å²) in [6.45, 7) is 1.05. The highest BCUT2D eigenvalue weighted by atomic mass is 35.5. The Morgan fingerprint density at radius 1 is 1.10 bits per heavy atom. The number of halogens is 1. The van der Waals surface area contributed by atoms with Crippen molar-refractivity contribution in [2.24, 2.45) is 0 Å². The van der Waals surface area contributed by atoms with Gasteiger partial charge in [0.15, 0.2) is 11.5 Å². The van der Waals surface area contributed by atoms with Crippen LogP contribution in [-0.4, -0.2) is 25.4 Å². The van der Waals surface area contributed by atoms with E-state index in [1.54, 1.807) is 43.5 Å². The number of hydrogen-bond donors (Lipinski definition) is 1. The summed E-state index contributed by atoms with van der Waals surface area (Å²) in [6, 6.07) is 10.6. The van der Waals surface area contributed by atoms with Crippen LogP contribution in [0.1, 0.15) is 17.2 Å². The van der Waals surface area contributed by atoms with E-state index in [4.69, 9.17) is 25.8 Å². The first-order valence-corrected chi connectivity index (χ1v) is 6.98. The summed E-state index contributed by atoms with van der Waals surface area (Å²) < 4.78 is 16.1. The molecule has 0 spiro atoms. The smallest absolute Gasteiger partial charge is 0.161 e. The molecule has 5 heteroatoms. The molecule has 0 aromatic heterocycles. The molecule has 1 aliphatic heterocycles. The molecule has 1 unspecified atom stereocenters. The average molecular weight is 307 g/mol. The van der Waals surface area contributed by atoms with Crippen LogP contribution < -0.4 is 14.2 Å². The lowest BCUT2D eigenvalue weighted by Crippen LogP contribution is -2.15. The maximum Gasteiger partial charge on any atom is 0.161 e. The van der Waals surface area contributed by atoms with Crippen LogP contribution in [0.25, 0.3) is 0 Å².